The fourth-order valence-corrected chi connectivity index (χ4v) is 2.65. The highest BCUT2D eigenvalue weighted by atomic mass is 16.4. The summed E-state index contributed by atoms with van der Waals surface area (Å²) in [7, 11) is 0. The number of carboxylic acids is 1. The standard InChI is InChI=1S/C19H18N2O3/c1-19(2,16(18(23)24)14-6-4-3-5-7-14)21-17(22)15-10-8-13(12-20)9-11-15/h3-11,16H,1-2H3,(H,21,22)(H,23,24). The number of hydrogen-bond acceptors (Lipinski definition) is 3. The van der Waals surface area contributed by atoms with Gasteiger partial charge >= 0.3 is 5.97 Å². The first-order chi connectivity index (χ1) is 11.3. The van der Waals surface area contributed by atoms with Crippen LogP contribution in [0.5, 0.6) is 0 Å². The van der Waals surface area contributed by atoms with Gasteiger partial charge in [-0.05, 0) is 43.7 Å². The topological polar surface area (TPSA) is 90.2 Å². The molecule has 0 bridgehead atoms. The highest BCUT2D eigenvalue weighted by Crippen LogP contribution is 2.28. The van der Waals surface area contributed by atoms with Crippen LogP contribution in [0.3, 0.4) is 0 Å². The van der Waals surface area contributed by atoms with Gasteiger partial charge in [0, 0.05) is 5.56 Å². The Kier molecular flexibility index (Phi) is 5.00. The number of hydrogen-bond donors (Lipinski definition) is 2. The molecule has 0 fully saturated rings. The second kappa shape index (κ2) is 6.97. The molecule has 2 aromatic carbocycles. The van der Waals surface area contributed by atoms with Crippen molar-refractivity contribution in [3.05, 3.63) is 71.3 Å². The van der Waals surface area contributed by atoms with Crippen molar-refractivity contribution < 1.29 is 14.7 Å². The molecule has 0 heterocycles. The molecule has 2 N–H and O–H groups in total. The molecule has 0 saturated heterocycles. The molecule has 2 rings (SSSR count). The molecule has 0 aromatic heterocycles. The van der Waals surface area contributed by atoms with Crippen molar-refractivity contribution in [2.24, 2.45) is 0 Å². The first kappa shape index (κ1) is 17.2. The molecule has 0 saturated carbocycles. The first-order valence-electron chi connectivity index (χ1n) is 7.45. The third-order valence-electron chi connectivity index (χ3n) is 3.81. The minimum atomic E-state index is -1.01. The summed E-state index contributed by atoms with van der Waals surface area (Å²) in [6, 6.07) is 17.0. The number of nitriles is 1. The van der Waals surface area contributed by atoms with Gasteiger partial charge in [0.1, 0.15) is 5.92 Å². The van der Waals surface area contributed by atoms with Crippen LogP contribution >= 0.6 is 0 Å². The number of rotatable bonds is 5. The Balaban J connectivity index is 2.25. The van der Waals surface area contributed by atoms with Crippen LogP contribution in [0.15, 0.2) is 54.6 Å². The summed E-state index contributed by atoms with van der Waals surface area (Å²) in [4.78, 5) is 24.2. The van der Waals surface area contributed by atoms with Gasteiger partial charge in [-0.2, -0.15) is 5.26 Å². The molecule has 5 nitrogen and oxygen atoms in total. The first-order valence-corrected chi connectivity index (χ1v) is 7.45. The summed E-state index contributed by atoms with van der Waals surface area (Å²) in [5.41, 5.74) is 0.450. The van der Waals surface area contributed by atoms with E-state index in [0.717, 1.165) is 0 Å². The molecule has 0 spiro atoms. The van der Waals surface area contributed by atoms with E-state index in [1.165, 1.54) is 0 Å². The van der Waals surface area contributed by atoms with Crippen molar-refractivity contribution >= 4 is 11.9 Å². The molecular formula is C19H18N2O3. The van der Waals surface area contributed by atoms with Gasteiger partial charge in [-0.1, -0.05) is 30.3 Å². The molecule has 0 aliphatic heterocycles. The molecule has 1 amide bonds. The number of carbonyl (C=O) groups is 2. The lowest BCUT2D eigenvalue weighted by molar-refractivity contribution is -0.140. The minimum absolute atomic E-state index is 0.374. The van der Waals surface area contributed by atoms with Crippen LogP contribution < -0.4 is 5.32 Å². The number of carbonyl (C=O) groups excluding carboxylic acids is 1. The van der Waals surface area contributed by atoms with Gasteiger partial charge in [0.25, 0.3) is 5.91 Å². The molecule has 1 unspecified atom stereocenters. The van der Waals surface area contributed by atoms with Crippen LogP contribution in [0.4, 0.5) is 0 Å². The molecule has 1 atom stereocenters. The van der Waals surface area contributed by atoms with Crippen molar-refractivity contribution in [1.82, 2.24) is 5.32 Å². The number of aliphatic carboxylic acids is 1. The average Bonchev–Trinajstić information content (AvgIpc) is 2.55. The van der Waals surface area contributed by atoms with E-state index in [9.17, 15) is 14.7 Å². The highest BCUT2D eigenvalue weighted by molar-refractivity contribution is 5.95. The van der Waals surface area contributed by atoms with Gasteiger partial charge < -0.3 is 10.4 Å². The van der Waals surface area contributed by atoms with Crippen molar-refractivity contribution in [1.29, 1.82) is 5.26 Å². The zero-order valence-electron chi connectivity index (χ0n) is 13.5. The quantitative estimate of drug-likeness (QED) is 0.885. The molecule has 0 aliphatic rings. The fourth-order valence-electron chi connectivity index (χ4n) is 2.65. The Morgan fingerprint density at radius 1 is 1.08 bits per heavy atom. The summed E-state index contributed by atoms with van der Waals surface area (Å²) in [5.74, 6) is -2.28. The van der Waals surface area contributed by atoms with Gasteiger partial charge in [-0.15, -0.1) is 0 Å². The Labute approximate surface area is 140 Å². The maximum atomic E-state index is 12.4. The molecule has 5 heteroatoms. The normalized spacial score (nSPS) is 12.0. The zero-order valence-corrected chi connectivity index (χ0v) is 13.5. The van der Waals surface area contributed by atoms with Gasteiger partial charge in [-0.3, -0.25) is 9.59 Å². The number of amides is 1. The lowest BCUT2D eigenvalue weighted by atomic mass is 9.81. The minimum Gasteiger partial charge on any atom is -0.481 e. The van der Waals surface area contributed by atoms with E-state index in [0.29, 0.717) is 16.7 Å². The van der Waals surface area contributed by atoms with E-state index in [1.54, 1.807) is 62.4 Å². The zero-order chi connectivity index (χ0) is 17.7. The fraction of sp³-hybridized carbons (Fsp3) is 0.211. The Bertz CT molecular complexity index is 775. The van der Waals surface area contributed by atoms with Crippen LogP contribution in [0.1, 0.15) is 41.3 Å². The third kappa shape index (κ3) is 3.79. The predicted octanol–water partition coefficient (Wildman–Crippen LogP) is 2.94. The lowest BCUT2D eigenvalue weighted by Gasteiger charge is -2.33. The van der Waals surface area contributed by atoms with Gasteiger partial charge in [0.15, 0.2) is 0 Å². The average molecular weight is 322 g/mol. The van der Waals surface area contributed by atoms with Crippen LogP contribution in [0.25, 0.3) is 0 Å². The van der Waals surface area contributed by atoms with Gasteiger partial charge in [0.2, 0.25) is 0 Å². The van der Waals surface area contributed by atoms with E-state index in [4.69, 9.17) is 5.26 Å². The Hall–Kier alpha value is -3.13. The van der Waals surface area contributed by atoms with Gasteiger partial charge in [-0.25, -0.2) is 0 Å². The van der Waals surface area contributed by atoms with E-state index >= 15 is 0 Å². The number of carboxylic acid groups (broad SMARTS) is 1. The second-order valence-corrected chi connectivity index (χ2v) is 6.05. The monoisotopic (exact) mass is 322 g/mol. The lowest BCUT2D eigenvalue weighted by Crippen LogP contribution is -2.50. The summed E-state index contributed by atoms with van der Waals surface area (Å²) in [5, 5.41) is 21.2. The maximum absolute atomic E-state index is 12.4. The van der Waals surface area contributed by atoms with Crippen LogP contribution in [0, 0.1) is 11.3 Å². The summed E-state index contributed by atoms with van der Waals surface area (Å²) >= 11 is 0. The molecule has 2 aromatic rings. The molecule has 0 aliphatic carbocycles. The largest absolute Gasteiger partial charge is 0.481 e. The van der Waals surface area contributed by atoms with Crippen LogP contribution in [-0.2, 0) is 4.79 Å². The van der Waals surface area contributed by atoms with Crippen molar-refractivity contribution in [2.45, 2.75) is 25.3 Å². The Morgan fingerprint density at radius 2 is 1.67 bits per heavy atom. The highest BCUT2D eigenvalue weighted by Gasteiger charge is 2.37. The Morgan fingerprint density at radius 3 is 2.17 bits per heavy atom. The van der Waals surface area contributed by atoms with E-state index < -0.39 is 17.4 Å². The summed E-state index contributed by atoms with van der Waals surface area (Å²) in [6.45, 7) is 3.36. The van der Waals surface area contributed by atoms with Crippen LogP contribution in [-0.4, -0.2) is 22.5 Å². The van der Waals surface area contributed by atoms with E-state index in [2.05, 4.69) is 5.32 Å². The molecule has 24 heavy (non-hydrogen) atoms. The number of nitrogens with one attached hydrogen (secondary N) is 1. The second-order valence-electron chi connectivity index (χ2n) is 6.05. The van der Waals surface area contributed by atoms with Crippen molar-refractivity contribution in [3.63, 3.8) is 0 Å². The van der Waals surface area contributed by atoms with Crippen molar-refractivity contribution in [3.8, 4) is 6.07 Å². The predicted molar refractivity (Wildman–Crippen MR) is 89.5 cm³/mol. The van der Waals surface area contributed by atoms with E-state index in [1.807, 2.05) is 12.1 Å². The smallest absolute Gasteiger partial charge is 0.313 e. The molecule has 122 valence electrons. The van der Waals surface area contributed by atoms with Gasteiger partial charge in [0.05, 0.1) is 17.2 Å². The maximum Gasteiger partial charge on any atom is 0.313 e. The molecular weight excluding hydrogens is 304 g/mol. The summed E-state index contributed by atoms with van der Waals surface area (Å²) in [6.07, 6.45) is 0. The van der Waals surface area contributed by atoms with Crippen LogP contribution in [0.2, 0.25) is 0 Å². The number of nitrogens with zero attached hydrogens (tertiary/aromatic N) is 1. The molecule has 0 radical (unpaired) electrons. The van der Waals surface area contributed by atoms with E-state index in [-0.39, 0.29) is 5.91 Å². The SMILES string of the molecule is CC(C)(NC(=O)c1ccc(C#N)cc1)C(C(=O)O)c1ccccc1. The summed E-state index contributed by atoms with van der Waals surface area (Å²) < 4.78 is 0. The van der Waals surface area contributed by atoms with Crippen molar-refractivity contribution in [2.75, 3.05) is 0 Å². The third-order valence-corrected chi connectivity index (χ3v) is 3.81. The number of benzene rings is 2.